The number of hydrogen-bond donors (Lipinski definition) is 0. The molecule has 1 aromatic heterocycles. The molecule has 4 rings (SSSR count). The van der Waals surface area contributed by atoms with Gasteiger partial charge in [0.25, 0.3) is 5.91 Å². The standard InChI is InChI=1S/C13H11N3O3S.Na/c17-11-9(12-16(11)10(6-20-12)13(18)19)5-7-4-8-2-1-3-15(8)14-7;/h4-6,12H,1-3H2,(H,18,19);/q;+1/p-1/b9-5-;. The first-order chi connectivity index (χ1) is 9.65. The molecule has 3 aliphatic heterocycles. The molecule has 8 heteroatoms. The molecule has 4 heterocycles. The second kappa shape index (κ2) is 5.31. The molecular weight excluding hydrogens is 301 g/mol. The monoisotopic (exact) mass is 311 g/mol. The van der Waals surface area contributed by atoms with Gasteiger partial charge in [0.1, 0.15) is 5.37 Å². The van der Waals surface area contributed by atoms with Crippen molar-refractivity contribution in [2.24, 2.45) is 0 Å². The van der Waals surface area contributed by atoms with E-state index < -0.39 is 5.97 Å². The Morgan fingerprint density at radius 2 is 2.33 bits per heavy atom. The van der Waals surface area contributed by atoms with Crippen LogP contribution in [-0.4, -0.2) is 31.9 Å². The summed E-state index contributed by atoms with van der Waals surface area (Å²) in [6.07, 6.45) is 3.89. The van der Waals surface area contributed by atoms with Gasteiger partial charge in [-0.3, -0.25) is 14.4 Å². The van der Waals surface area contributed by atoms with Crippen molar-refractivity contribution < 1.29 is 44.3 Å². The molecule has 1 fully saturated rings. The molecule has 0 saturated carbocycles. The molecule has 6 nitrogen and oxygen atoms in total. The number of carboxylic acids is 1. The van der Waals surface area contributed by atoms with Crippen molar-refractivity contribution >= 4 is 29.7 Å². The van der Waals surface area contributed by atoms with E-state index in [4.69, 9.17) is 0 Å². The first-order valence-corrected chi connectivity index (χ1v) is 7.28. The number of carbonyl (C=O) groups excluding carboxylic acids is 2. The molecule has 1 aromatic rings. The number of aliphatic carboxylic acids is 1. The van der Waals surface area contributed by atoms with Crippen molar-refractivity contribution in [1.82, 2.24) is 14.7 Å². The summed E-state index contributed by atoms with van der Waals surface area (Å²) in [5.74, 6) is -1.59. The van der Waals surface area contributed by atoms with Crippen LogP contribution in [-0.2, 0) is 22.6 Å². The minimum atomic E-state index is -1.31. The molecule has 0 aromatic carbocycles. The van der Waals surface area contributed by atoms with Crippen LogP contribution >= 0.6 is 11.8 Å². The van der Waals surface area contributed by atoms with E-state index in [1.807, 2.05) is 10.7 Å². The van der Waals surface area contributed by atoms with E-state index >= 15 is 0 Å². The Morgan fingerprint density at radius 1 is 1.52 bits per heavy atom. The van der Waals surface area contributed by atoms with Crippen molar-refractivity contribution in [3.05, 3.63) is 34.1 Å². The van der Waals surface area contributed by atoms with Crippen LogP contribution in [0.15, 0.2) is 22.7 Å². The average Bonchev–Trinajstić information content (AvgIpc) is 3.07. The Hall–Kier alpha value is -1.02. The minimum Gasteiger partial charge on any atom is -0.543 e. The van der Waals surface area contributed by atoms with Gasteiger partial charge in [-0.2, -0.15) is 5.10 Å². The molecule has 1 saturated heterocycles. The van der Waals surface area contributed by atoms with Gasteiger partial charge in [0.05, 0.1) is 22.9 Å². The molecule has 3 aliphatic rings. The number of carboxylic acid groups (broad SMARTS) is 1. The van der Waals surface area contributed by atoms with E-state index in [-0.39, 0.29) is 46.5 Å². The van der Waals surface area contributed by atoms with E-state index in [2.05, 4.69) is 5.10 Å². The van der Waals surface area contributed by atoms with Crippen molar-refractivity contribution in [2.75, 3.05) is 0 Å². The molecule has 0 bridgehead atoms. The minimum absolute atomic E-state index is 0. The van der Waals surface area contributed by atoms with Crippen LogP contribution in [0.25, 0.3) is 6.08 Å². The SMILES string of the molecule is O=C([O-])C1=CSC2/C(=C\c3cc4n(n3)CCC4)C(=O)N12.[Na+]. The first kappa shape index (κ1) is 14.9. The Morgan fingerprint density at radius 3 is 3.05 bits per heavy atom. The summed E-state index contributed by atoms with van der Waals surface area (Å²) in [7, 11) is 0. The zero-order valence-corrected chi connectivity index (χ0v) is 14.2. The van der Waals surface area contributed by atoms with E-state index in [1.165, 1.54) is 27.8 Å². The Balaban J connectivity index is 0.00000132. The van der Waals surface area contributed by atoms with Crippen LogP contribution in [0.2, 0.25) is 0 Å². The van der Waals surface area contributed by atoms with Gasteiger partial charge in [-0.15, -0.1) is 11.8 Å². The maximum Gasteiger partial charge on any atom is 1.00 e. The molecule has 0 aliphatic carbocycles. The van der Waals surface area contributed by atoms with Gasteiger partial charge in [-0.05, 0) is 30.4 Å². The molecule has 1 unspecified atom stereocenters. The second-order valence-electron chi connectivity index (χ2n) is 4.94. The van der Waals surface area contributed by atoms with Gasteiger partial charge in [-0.25, -0.2) is 0 Å². The topological polar surface area (TPSA) is 78.3 Å². The summed E-state index contributed by atoms with van der Waals surface area (Å²) in [6, 6.07) is 1.99. The number of nitrogens with zero attached hydrogens (tertiary/aromatic N) is 3. The van der Waals surface area contributed by atoms with Crippen LogP contribution in [0.1, 0.15) is 17.8 Å². The van der Waals surface area contributed by atoms with E-state index in [9.17, 15) is 14.7 Å². The number of amides is 1. The summed E-state index contributed by atoms with van der Waals surface area (Å²) >= 11 is 1.31. The fraction of sp³-hybridized carbons (Fsp3) is 0.308. The van der Waals surface area contributed by atoms with E-state index in [1.54, 1.807) is 6.08 Å². The fourth-order valence-electron chi connectivity index (χ4n) is 2.77. The molecule has 0 radical (unpaired) electrons. The van der Waals surface area contributed by atoms with Crippen molar-refractivity contribution in [1.29, 1.82) is 0 Å². The molecule has 1 atom stereocenters. The summed E-state index contributed by atoms with van der Waals surface area (Å²) < 4.78 is 1.96. The number of β-lactam (4-membered cyclic amide) rings is 1. The quantitative estimate of drug-likeness (QED) is 0.325. The molecule has 0 spiro atoms. The largest absolute Gasteiger partial charge is 1.00 e. The Bertz CT molecular complexity index is 688. The number of carbonyl (C=O) groups is 2. The predicted molar refractivity (Wildman–Crippen MR) is 69.8 cm³/mol. The maximum absolute atomic E-state index is 12.0. The van der Waals surface area contributed by atoms with Crippen LogP contribution in [0.3, 0.4) is 0 Å². The summed E-state index contributed by atoms with van der Waals surface area (Å²) in [4.78, 5) is 24.1. The number of aromatic nitrogens is 2. The smallest absolute Gasteiger partial charge is 0.543 e. The third-order valence-electron chi connectivity index (χ3n) is 3.73. The van der Waals surface area contributed by atoms with Crippen molar-refractivity contribution in [2.45, 2.75) is 24.8 Å². The van der Waals surface area contributed by atoms with Crippen LogP contribution in [0.5, 0.6) is 0 Å². The third-order valence-corrected chi connectivity index (χ3v) is 4.81. The predicted octanol–water partition coefficient (Wildman–Crippen LogP) is -3.28. The fourth-order valence-corrected chi connectivity index (χ4v) is 3.89. The average molecular weight is 311 g/mol. The van der Waals surface area contributed by atoms with Crippen molar-refractivity contribution in [3.63, 3.8) is 0 Å². The summed E-state index contributed by atoms with van der Waals surface area (Å²) in [6.45, 7) is 0.924. The molecule has 21 heavy (non-hydrogen) atoms. The van der Waals surface area contributed by atoms with Gasteiger partial charge in [0.15, 0.2) is 0 Å². The van der Waals surface area contributed by atoms with Crippen molar-refractivity contribution in [3.8, 4) is 0 Å². The van der Waals surface area contributed by atoms with Gasteiger partial charge in [0.2, 0.25) is 0 Å². The van der Waals surface area contributed by atoms with Crippen LogP contribution in [0.4, 0.5) is 0 Å². The number of thioether (sulfide) groups is 1. The van der Waals surface area contributed by atoms with Crippen LogP contribution in [0, 0.1) is 0 Å². The number of hydrogen-bond acceptors (Lipinski definition) is 5. The number of aryl methyl sites for hydroxylation is 2. The summed E-state index contributed by atoms with van der Waals surface area (Å²) in [5.41, 5.74) is 2.51. The normalized spacial score (nSPS) is 24.3. The van der Waals surface area contributed by atoms with Gasteiger partial charge in [0, 0.05) is 12.2 Å². The third kappa shape index (κ3) is 2.19. The number of rotatable bonds is 2. The summed E-state index contributed by atoms with van der Waals surface area (Å²) in [5, 5.41) is 16.5. The second-order valence-corrected chi connectivity index (χ2v) is 5.90. The van der Waals surface area contributed by atoms with Gasteiger partial charge >= 0.3 is 29.6 Å². The molecule has 0 N–H and O–H groups in total. The Labute approximate surface area is 147 Å². The zero-order chi connectivity index (χ0) is 13.9. The van der Waals surface area contributed by atoms with Gasteiger partial charge < -0.3 is 9.90 Å². The van der Waals surface area contributed by atoms with E-state index in [0.717, 1.165) is 25.1 Å². The van der Waals surface area contributed by atoms with Crippen LogP contribution < -0.4 is 34.7 Å². The Kier molecular flexibility index (Phi) is 3.77. The molecule has 102 valence electrons. The maximum atomic E-state index is 12.0. The van der Waals surface area contributed by atoms with E-state index in [0.29, 0.717) is 5.57 Å². The molecular formula is C13H10N3NaO3S. The molecule has 1 amide bonds. The number of fused-ring (bicyclic) bond motifs is 2. The van der Waals surface area contributed by atoms with Gasteiger partial charge in [-0.1, -0.05) is 0 Å². The zero-order valence-electron chi connectivity index (χ0n) is 11.4. The first-order valence-electron chi connectivity index (χ1n) is 6.34.